The van der Waals surface area contributed by atoms with Gasteiger partial charge in [-0.3, -0.25) is 9.80 Å². The van der Waals surface area contributed by atoms with Crippen LogP contribution in [0.1, 0.15) is 39.2 Å². The minimum absolute atomic E-state index is 0.141. The molecule has 1 aromatic heterocycles. The van der Waals surface area contributed by atoms with Crippen molar-refractivity contribution in [2.24, 2.45) is 0 Å². The largest absolute Gasteiger partial charge is 0.384 e. The fourth-order valence-corrected chi connectivity index (χ4v) is 3.71. The van der Waals surface area contributed by atoms with E-state index in [2.05, 4.69) is 35.1 Å². The van der Waals surface area contributed by atoms with Gasteiger partial charge in [0.1, 0.15) is 5.82 Å². The smallest absolute Gasteiger partial charge is 0.322 e. The lowest BCUT2D eigenvalue weighted by Crippen LogP contribution is -2.50. The predicted octanol–water partition coefficient (Wildman–Crippen LogP) is 2.65. The summed E-state index contributed by atoms with van der Waals surface area (Å²) in [5.41, 5.74) is 6.06. The number of nitrogens with zero attached hydrogens (tertiary/aromatic N) is 3. The Kier molecular flexibility index (Phi) is 5.05. The minimum Gasteiger partial charge on any atom is -0.384 e. The summed E-state index contributed by atoms with van der Waals surface area (Å²) in [7, 11) is 0. The zero-order valence-corrected chi connectivity index (χ0v) is 15.8. The summed E-state index contributed by atoms with van der Waals surface area (Å²) in [6.07, 6.45) is 12.8. The third kappa shape index (κ3) is 3.60. The van der Waals surface area contributed by atoms with E-state index in [0.717, 1.165) is 18.7 Å². The van der Waals surface area contributed by atoms with E-state index in [9.17, 15) is 4.79 Å². The van der Waals surface area contributed by atoms with Gasteiger partial charge in [-0.25, -0.2) is 9.78 Å². The molecule has 0 aliphatic carbocycles. The second-order valence-corrected chi connectivity index (χ2v) is 7.70. The monoisotopic (exact) mass is 354 g/mol. The lowest BCUT2D eigenvalue weighted by Gasteiger charge is -2.38. The summed E-state index contributed by atoms with van der Waals surface area (Å²) in [4.78, 5) is 21.1. The third-order valence-corrected chi connectivity index (χ3v) is 5.48. The van der Waals surface area contributed by atoms with E-state index >= 15 is 0 Å². The lowest BCUT2D eigenvalue weighted by atomic mass is 9.89. The normalized spacial score (nSPS) is 24.8. The molecule has 1 aromatic rings. The van der Waals surface area contributed by atoms with Crippen molar-refractivity contribution in [2.75, 3.05) is 25.4 Å². The first-order valence-corrected chi connectivity index (χ1v) is 9.15. The predicted molar refractivity (Wildman–Crippen MR) is 103 cm³/mol. The van der Waals surface area contributed by atoms with Gasteiger partial charge in [0.15, 0.2) is 0 Å². The molecule has 3 heterocycles. The van der Waals surface area contributed by atoms with Gasteiger partial charge in [0.2, 0.25) is 0 Å². The summed E-state index contributed by atoms with van der Waals surface area (Å²) in [5, 5.41) is 3.05. The number of nitrogens with one attached hydrogen (secondary N) is 1. The molecule has 1 atom stereocenters. The van der Waals surface area contributed by atoms with Gasteiger partial charge in [-0.05, 0) is 58.4 Å². The van der Waals surface area contributed by atoms with Gasteiger partial charge in [-0.1, -0.05) is 12.1 Å². The van der Waals surface area contributed by atoms with Crippen molar-refractivity contribution in [1.29, 1.82) is 0 Å². The number of amides is 2. The molecule has 2 aliphatic rings. The molecule has 3 N–H and O–H groups in total. The molecule has 0 bridgehead atoms. The number of allylic oxidation sites excluding steroid dienone is 2. The molecule has 26 heavy (non-hydrogen) atoms. The molecule has 1 radical (unpaired) electrons. The van der Waals surface area contributed by atoms with Crippen LogP contribution in [0.25, 0.3) is 0 Å². The Morgan fingerprint density at radius 2 is 2.19 bits per heavy atom. The van der Waals surface area contributed by atoms with Gasteiger partial charge in [0.05, 0.1) is 5.54 Å². The number of nitrogen functional groups attached to an aromatic ring is 1. The van der Waals surface area contributed by atoms with Crippen LogP contribution in [-0.4, -0.2) is 46.0 Å². The zero-order chi connectivity index (χ0) is 18.8. The van der Waals surface area contributed by atoms with Gasteiger partial charge in [0, 0.05) is 36.6 Å². The summed E-state index contributed by atoms with van der Waals surface area (Å²) < 4.78 is 0. The van der Waals surface area contributed by atoms with Crippen LogP contribution in [0.2, 0.25) is 0 Å². The molecule has 6 nitrogen and oxygen atoms in total. The molecule has 0 aromatic carbocycles. The quantitative estimate of drug-likeness (QED) is 0.872. The standard InChI is InChI=1S/C20H28N5O/c1-19(2)9-6-12-24(19)14-11-22-18(26)25-13-5-4-10-20(25,3)16-7-8-17(21)23-15-16/h4-5,7-8,13,15H,6,9,11-12,14H2,1-3H3,(H2,21,23)(H,22,26). The van der Waals surface area contributed by atoms with Crippen LogP contribution in [-0.2, 0) is 5.54 Å². The molecule has 2 aliphatic heterocycles. The van der Waals surface area contributed by atoms with Crippen molar-refractivity contribution in [1.82, 2.24) is 20.1 Å². The molecule has 0 spiro atoms. The molecule has 2 amide bonds. The second kappa shape index (κ2) is 7.11. The molecule has 1 fully saturated rings. The number of carbonyl (C=O) groups is 1. The Bertz CT molecular complexity index is 709. The van der Waals surface area contributed by atoms with E-state index in [1.807, 2.05) is 25.1 Å². The minimum atomic E-state index is -0.716. The summed E-state index contributed by atoms with van der Waals surface area (Å²) in [6.45, 7) is 9.05. The summed E-state index contributed by atoms with van der Waals surface area (Å²) in [6, 6.07) is 3.49. The number of aromatic nitrogens is 1. The van der Waals surface area contributed by atoms with Gasteiger partial charge < -0.3 is 11.1 Å². The molecule has 139 valence electrons. The number of carbonyl (C=O) groups excluding carboxylic acids is 1. The zero-order valence-electron chi connectivity index (χ0n) is 15.8. The van der Waals surface area contributed by atoms with Crippen LogP contribution in [0, 0.1) is 6.08 Å². The number of anilines is 1. The Balaban J connectivity index is 1.66. The number of hydrogen-bond donors (Lipinski definition) is 2. The highest BCUT2D eigenvalue weighted by atomic mass is 16.2. The maximum atomic E-state index is 12.8. The summed E-state index contributed by atoms with van der Waals surface area (Å²) >= 11 is 0. The van der Waals surface area contributed by atoms with Crippen molar-refractivity contribution in [3.05, 3.63) is 48.3 Å². The Labute approximate surface area is 155 Å². The molecule has 0 saturated carbocycles. The Morgan fingerprint density at radius 1 is 1.38 bits per heavy atom. The van der Waals surface area contributed by atoms with Crippen molar-refractivity contribution in [3.63, 3.8) is 0 Å². The van der Waals surface area contributed by atoms with Crippen molar-refractivity contribution in [2.45, 2.75) is 44.7 Å². The lowest BCUT2D eigenvalue weighted by molar-refractivity contribution is 0.162. The summed E-state index contributed by atoms with van der Waals surface area (Å²) in [5.74, 6) is 0.455. The van der Waals surface area contributed by atoms with E-state index in [1.54, 1.807) is 23.4 Å². The highest BCUT2D eigenvalue weighted by molar-refractivity contribution is 5.77. The van der Waals surface area contributed by atoms with Gasteiger partial charge in [-0.2, -0.15) is 0 Å². The number of nitrogens with two attached hydrogens (primary N) is 1. The Hall–Kier alpha value is -2.34. The first-order chi connectivity index (χ1) is 12.3. The number of rotatable bonds is 4. The maximum absolute atomic E-state index is 12.8. The topological polar surface area (TPSA) is 74.5 Å². The highest BCUT2D eigenvalue weighted by Crippen LogP contribution is 2.32. The number of hydrogen-bond acceptors (Lipinski definition) is 4. The van der Waals surface area contributed by atoms with Crippen LogP contribution in [0.15, 0.2) is 36.7 Å². The fourth-order valence-electron chi connectivity index (χ4n) is 3.71. The SMILES string of the molecule is CC1(C)CCCN1CCNC(=O)N1C=CC=[C]C1(C)c1ccc(N)nc1. The van der Waals surface area contributed by atoms with Crippen molar-refractivity contribution < 1.29 is 4.79 Å². The van der Waals surface area contributed by atoms with Gasteiger partial charge >= 0.3 is 6.03 Å². The first kappa shape index (κ1) is 18.5. The van der Waals surface area contributed by atoms with Gasteiger partial charge in [0.25, 0.3) is 0 Å². The van der Waals surface area contributed by atoms with Crippen LogP contribution in [0.5, 0.6) is 0 Å². The van der Waals surface area contributed by atoms with Gasteiger partial charge in [-0.15, -0.1) is 0 Å². The molecule has 3 rings (SSSR count). The van der Waals surface area contributed by atoms with Crippen LogP contribution in [0.3, 0.4) is 0 Å². The highest BCUT2D eigenvalue weighted by Gasteiger charge is 2.36. The van der Waals surface area contributed by atoms with E-state index in [4.69, 9.17) is 5.73 Å². The van der Waals surface area contributed by atoms with E-state index < -0.39 is 5.54 Å². The average molecular weight is 354 g/mol. The second-order valence-electron chi connectivity index (χ2n) is 7.70. The van der Waals surface area contributed by atoms with E-state index in [0.29, 0.717) is 12.4 Å². The number of likely N-dealkylation sites (tertiary alicyclic amines) is 1. The molecular weight excluding hydrogens is 326 g/mol. The number of pyridine rings is 1. The van der Waals surface area contributed by atoms with E-state index in [1.165, 1.54) is 12.8 Å². The molecule has 1 unspecified atom stereocenters. The Morgan fingerprint density at radius 3 is 2.85 bits per heavy atom. The first-order valence-electron chi connectivity index (χ1n) is 9.15. The third-order valence-electron chi connectivity index (χ3n) is 5.48. The van der Waals surface area contributed by atoms with Crippen molar-refractivity contribution in [3.8, 4) is 0 Å². The van der Waals surface area contributed by atoms with Crippen LogP contribution in [0.4, 0.5) is 10.6 Å². The fraction of sp³-hybridized carbons (Fsp3) is 0.500. The molecule has 1 saturated heterocycles. The number of urea groups is 1. The van der Waals surface area contributed by atoms with Crippen molar-refractivity contribution >= 4 is 11.8 Å². The average Bonchev–Trinajstić information content (AvgIpc) is 2.94. The van der Waals surface area contributed by atoms with E-state index in [-0.39, 0.29) is 11.6 Å². The van der Waals surface area contributed by atoms with Crippen LogP contribution >= 0.6 is 0 Å². The molecule has 6 heteroatoms. The molecular formula is C20H28N5O. The maximum Gasteiger partial charge on any atom is 0.322 e. The van der Waals surface area contributed by atoms with Crippen LogP contribution < -0.4 is 11.1 Å².